The van der Waals surface area contributed by atoms with Gasteiger partial charge in [0.1, 0.15) is 5.60 Å². The summed E-state index contributed by atoms with van der Waals surface area (Å²) in [5.74, 6) is 0.347. The monoisotopic (exact) mass is 183 g/mol. The molecular weight excluding hydrogens is 170 g/mol. The van der Waals surface area contributed by atoms with Gasteiger partial charge in [0.05, 0.1) is 0 Å². The van der Waals surface area contributed by atoms with E-state index in [1.165, 1.54) is 4.68 Å². The van der Waals surface area contributed by atoms with E-state index in [1.807, 2.05) is 0 Å². The van der Waals surface area contributed by atoms with E-state index in [0.29, 0.717) is 5.84 Å². The molecule has 13 heavy (non-hydrogen) atoms. The number of nitrogens with zero attached hydrogens (tertiary/aromatic N) is 3. The molecule has 0 saturated heterocycles. The molecule has 0 aromatic carbocycles. The lowest BCUT2D eigenvalue weighted by molar-refractivity contribution is 0.0756. The first-order valence-electron chi connectivity index (χ1n) is 3.89. The number of oxime groups is 1. The Bertz CT molecular complexity index is 290. The van der Waals surface area contributed by atoms with Gasteiger partial charge in [0.15, 0.2) is 5.84 Å². The molecule has 1 rings (SSSR count). The van der Waals surface area contributed by atoms with Gasteiger partial charge in [0.2, 0.25) is 0 Å². The van der Waals surface area contributed by atoms with Gasteiger partial charge >= 0.3 is 0 Å². The summed E-state index contributed by atoms with van der Waals surface area (Å²) in [4.78, 5) is 0. The first-order valence-corrected chi connectivity index (χ1v) is 3.89. The summed E-state index contributed by atoms with van der Waals surface area (Å²) >= 11 is 0. The molecule has 0 amide bonds. The van der Waals surface area contributed by atoms with Gasteiger partial charge in [-0.1, -0.05) is 5.16 Å². The molecule has 0 unspecified atom stereocenters. The highest BCUT2D eigenvalue weighted by Crippen LogP contribution is 2.11. The molecule has 1 heterocycles. The summed E-state index contributed by atoms with van der Waals surface area (Å²) in [6, 6.07) is 1.75. The second-order valence-electron chi connectivity index (χ2n) is 3.09. The number of hydrogen-bond acceptors (Lipinski definition) is 4. The molecular formula is C8H13N3O2. The third-order valence-corrected chi connectivity index (χ3v) is 1.86. The van der Waals surface area contributed by atoms with E-state index in [0.717, 1.165) is 0 Å². The fourth-order valence-corrected chi connectivity index (χ4v) is 0.927. The van der Waals surface area contributed by atoms with Crippen molar-refractivity contribution < 1.29 is 9.94 Å². The second-order valence-corrected chi connectivity index (χ2v) is 3.09. The van der Waals surface area contributed by atoms with Crippen molar-refractivity contribution in [1.29, 1.82) is 0 Å². The smallest absolute Gasteiger partial charge is 0.200 e. The van der Waals surface area contributed by atoms with Crippen LogP contribution in [0.4, 0.5) is 0 Å². The van der Waals surface area contributed by atoms with Gasteiger partial charge in [0.25, 0.3) is 0 Å². The number of aromatic nitrogens is 2. The minimum absolute atomic E-state index is 0.347. The Morgan fingerprint density at radius 1 is 1.62 bits per heavy atom. The average Bonchev–Trinajstić information content (AvgIpc) is 2.58. The number of hydrogen-bond donors (Lipinski definition) is 1. The van der Waals surface area contributed by atoms with Crippen molar-refractivity contribution in [3.63, 3.8) is 0 Å². The van der Waals surface area contributed by atoms with Crippen LogP contribution in [0.1, 0.15) is 13.8 Å². The molecule has 0 aliphatic carbocycles. The molecule has 72 valence electrons. The standard InChI is InChI=1S/C8H13N3O2/c1-8(2,13-3)7(10-12)11-6-4-5-9-11/h4-6,12H,1-3H3/b10-7-. The molecule has 1 aromatic rings. The van der Waals surface area contributed by atoms with Gasteiger partial charge in [-0.3, -0.25) is 0 Å². The van der Waals surface area contributed by atoms with Crippen LogP contribution in [0.25, 0.3) is 0 Å². The summed E-state index contributed by atoms with van der Waals surface area (Å²) in [6.07, 6.45) is 3.30. The van der Waals surface area contributed by atoms with Gasteiger partial charge in [-0.15, -0.1) is 0 Å². The van der Waals surface area contributed by atoms with Crippen molar-refractivity contribution >= 4 is 5.84 Å². The van der Waals surface area contributed by atoms with E-state index in [2.05, 4.69) is 10.3 Å². The van der Waals surface area contributed by atoms with Crippen molar-refractivity contribution in [2.75, 3.05) is 7.11 Å². The van der Waals surface area contributed by atoms with E-state index >= 15 is 0 Å². The summed E-state index contributed by atoms with van der Waals surface area (Å²) in [5.41, 5.74) is -0.666. The fourth-order valence-electron chi connectivity index (χ4n) is 0.927. The Hall–Kier alpha value is -1.36. The second kappa shape index (κ2) is 3.57. The van der Waals surface area contributed by atoms with E-state index in [4.69, 9.17) is 9.94 Å². The van der Waals surface area contributed by atoms with Crippen molar-refractivity contribution in [3.8, 4) is 0 Å². The highest BCUT2D eigenvalue weighted by Gasteiger charge is 2.27. The Labute approximate surface area is 76.6 Å². The topological polar surface area (TPSA) is 59.6 Å². The molecule has 0 aliphatic rings. The highest BCUT2D eigenvalue weighted by molar-refractivity contribution is 5.90. The minimum Gasteiger partial charge on any atom is -0.409 e. The quantitative estimate of drug-likeness (QED) is 0.321. The molecule has 0 spiro atoms. The predicted octanol–water partition coefficient (Wildman–Crippen LogP) is 0.944. The van der Waals surface area contributed by atoms with Crippen LogP contribution < -0.4 is 0 Å². The zero-order valence-electron chi connectivity index (χ0n) is 7.93. The maximum absolute atomic E-state index is 8.81. The number of rotatable bonds is 2. The Morgan fingerprint density at radius 2 is 2.31 bits per heavy atom. The average molecular weight is 183 g/mol. The van der Waals surface area contributed by atoms with Crippen LogP contribution >= 0.6 is 0 Å². The van der Waals surface area contributed by atoms with Gasteiger partial charge in [0, 0.05) is 19.5 Å². The first kappa shape index (κ1) is 9.73. The maximum Gasteiger partial charge on any atom is 0.200 e. The van der Waals surface area contributed by atoms with E-state index < -0.39 is 5.60 Å². The van der Waals surface area contributed by atoms with Gasteiger partial charge < -0.3 is 9.94 Å². The van der Waals surface area contributed by atoms with Gasteiger partial charge in [-0.25, -0.2) is 4.68 Å². The summed E-state index contributed by atoms with van der Waals surface area (Å²) in [5, 5.41) is 15.9. The molecule has 0 radical (unpaired) electrons. The summed E-state index contributed by atoms with van der Waals surface area (Å²) in [7, 11) is 1.55. The van der Waals surface area contributed by atoms with Crippen LogP contribution in [0, 0.1) is 0 Å². The largest absolute Gasteiger partial charge is 0.409 e. The number of methoxy groups -OCH3 is 1. The lowest BCUT2D eigenvalue weighted by Crippen LogP contribution is -2.39. The summed E-state index contributed by atoms with van der Waals surface area (Å²) < 4.78 is 6.62. The van der Waals surface area contributed by atoms with E-state index in [1.54, 1.807) is 39.4 Å². The van der Waals surface area contributed by atoms with E-state index in [-0.39, 0.29) is 0 Å². The van der Waals surface area contributed by atoms with Crippen molar-refractivity contribution in [2.45, 2.75) is 19.4 Å². The molecule has 1 aromatic heterocycles. The molecule has 0 atom stereocenters. The fraction of sp³-hybridized carbons (Fsp3) is 0.500. The highest BCUT2D eigenvalue weighted by atomic mass is 16.5. The van der Waals surface area contributed by atoms with Crippen molar-refractivity contribution in [3.05, 3.63) is 18.5 Å². The third-order valence-electron chi connectivity index (χ3n) is 1.86. The zero-order chi connectivity index (χ0) is 9.90. The lowest BCUT2D eigenvalue weighted by atomic mass is 10.1. The maximum atomic E-state index is 8.81. The molecule has 0 bridgehead atoms. The van der Waals surface area contributed by atoms with Crippen LogP contribution in [0.5, 0.6) is 0 Å². The molecule has 5 nitrogen and oxygen atoms in total. The Morgan fingerprint density at radius 3 is 2.69 bits per heavy atom. The predicted molar refractivity (Wildman–Crippen MR) is 47.9 cm³/mol. The normalized spacial score (nSPS) is 13.3. The SMILES string of the molecule is COC(C)(C)/C(=N/O)n1cccn1. The van der Waals surface area contributed by atoms with Crippen molar-refractivity contribution in [1.82, 2.24) is 9.78 Å². The van der Waals surface area contributed by atoms with Crippen LogP contribution in [0.3, 0.4) is 0 Å². The van der Waals surface area contributed by atoms with Gasteiger partial charge in [-0.2, -0.15) is 5.10 Å². The van der Waals surface area contributed by atoms with Crippen LogP contribution in [-0.2, 0) is 4.74 Å². The van der Waals surface area contributed by atoms with E-state index in [9.17, 15) is 0 Å². The third kappa shape index (κ3) is 1.86. The Kier molecular flexibility index (Phi) is 2.67. The minimum atomic E-state index is -0.666. The molecule has 0 saturated carbocycles. The molecule has 0 fully saturated rings. The Balaban J connectivity index is 3.01. The number of ether oxygens (including phenoxy) is 1. The van der Waals surface area contributed by atoms with Gasteiger partial charge in [-0.05, 0) is 19.9 Å². The van der Waals surface area contributed by atoms with Crippen LogP contribution in [-0.4, -0.2) is 33.5 Å². The first-order chi connectivity index (χ1) is 6.11. The lowest BCUT2D eigenvalue weighted by Gasteiger charge is -2.23. The summed E-state index contributed by atoms with van der Waals surface area (Å²) in [6.45, 7) is 3.59. The van der Waals surface area contributed by atoms with Crippen LogP contribution in [0.15, 0.2) is 23.6 Å². The molecule has 0 aliphatic heterocycles. The van der Waals surface area contributed by atoms with Crippen LogP contribution in [0.2, 0.25) is 0 Å². The molecule has 1 N–H and O–H groups in total. The zero-order valence-corrected chi connectivity index (χ0v) is 7.93. The van der Waals surface area contributed by atoms with Crippen molar-refractivity contribution in [2.24, 2.45) is 5.16 Å². The molecule has 5 heteroatoms.